The van der Waals surface area contributed by atoms with Gasteiger partial charge in [-0.2, -0.15) is 0 Å². The number of piperidine rings is 1. The maximum Gasteiger partial charge on any atom is 0.203 e. The Bertz CT molecular complexity index is 475. The van der Waals surface area contributed by atoms with Crippen LogP contribution in [-0.4, -0.2) is 28.9 Å². The molecule has 1 fully saturated rings. The van der Waals surface area contributed by atoms with Crippen molar-refractivity contribution < 1.29 is 0 Å². The number of para-hydroxylation sites is 2. The van der Waals surface area contributed by atoms with Crippen molar-refractivity contribution >= 4 is 28.6 Å². The number of aromatic nitrogens is 2. The van der Waals surface area contributed by atoms with E-state index in [1.54, 1.807) is 0 Å². The van der Waals surface area contributed by atoms with Gasteiger partial charge in [-0.3, -0.25) is 0 Å². The van der Waals surface area contributed by atoms with Crippen LogP contribution in [0.25, 0.3) is 11.0 Å². The van der Waals surface area contributed by atoms with Gasteiger partial charge in [-0.15, -0.1) is 11.6 Å². The van der Waals surface area contributed by atoms with E-state index in [9.17, 15) is 0 Å². The maximum absolute atomic E-state index is 5.95. The summed E-state index contributed by atoms with van der Waals surface area (Å²) in [7, 11) is 0. The zero-order valence-corrected chi connectivity index (χ0v) is 10.5. The molecule has 3 nitrogen and oxygen atoms in total. The highest BCUT2D eigenvalue weighted by Crippen LogP contribution is 2.23. The van der Waals surface area contributed by atoms with E-state index in [1.165, 1.54) is 12.8 Å². The van der Waals surface area contributed by atoms with Crippen LogP contribution in [-0.2, 0) is 0 Å². The van der Waals surface area contributed by atoms with Crippen molar-refractivity contribution in [1.29, 1.82) is 0 Å². The summed E-state index contributed by atoms with van der Waals surface area (Å²) in [6.45, 7) is 2.09. The number of benzene rings is 1. The van der Waals surface area contributed by atoms with Crippen LogP contribution in [0.2, 0.25) is 0 Å². The van der Waals surface area contributed by atoms with Crippen LogP contribution in [0.5, 0.6) is 0 Å². The molecule has 0 saturated carbocycles. The largest absolute Gasteiger partial charge is 0.342 e. The van der Waals surface area contributed by atoms with Crippen LogP contribution >= 0.6 is 11.6 Å². The third kappa shape index (κ3) is 2.12. The summed E-state index contributed by atoms with van der Waals surface area (Å²) in [5.41, 5.74) is 2.14. The number of rotatable bonds is 2. The Morgan fingerprint density at radius 3 is 3.12 bits per heavy atom. The fourth-order valence-corrected chi connectivity index (χ4v) is 2.72. The molecule has 90 valence electrons. The summed E-state index contributed by atoms with van der Waals surface area (Å²) >= 11 is 5.95. The molecule has 3 rings (SSSR count). The minimum absolute atomic E-state index is 0.596. The molecule has 1 unspecified atom stereocenters. The second-order valence-corrected chi connectivity index (χ2v) is 4.99. The quantitative estimate of drug-likeness (QED) is 0.830. The second kappa shape index (κ2) is 4.57. The summed E-state index contributed by atoms with van der Waals surface area (Å²) in [5, 5.41) is 0. The third-order valence-corrected chi connectivity index (χ3v) is 3.85. The number of aromatic amines is 1. The molecular formula is C13H16ClN3. The number of hydrogen-bond acceptors (Lipinski definition) is 2. The average Bonchev–Trinajstić information content (AvgIpc) is 2.82. The van der Waals surface area contributed by atoms with Crippen molar-refractivity contribution in [1.82, 2.24) is 9.97 Å². The van der Waals surface area contributed by atoms with Crippen LogP contribution in [0.4, 0.5) is 5.95 Å². The molecule has 2 heterocycles. The Kier molecular flexibility index (Phi) is 2.93. The van der Waals surface area contributed by atoms with E-state index in [0.29, 0.717) is 5.92 Å². The number of alkyl halides is 1. The molecule has 1 saturated heterocycles. The van der Waals surface area contributed by atoms with Crippen LogP contribution in [0, 0.1) is 5.92 Å². The number of hydrogen-bond donors (Lipinski definition) is 1. The summed E-state index contributed by atoms with van der Waals surface area (Å²) in [4.78, 5) is 10.3. The lowest BCUT2D eigenvalue weighted by Crippen LogP contribution is -2.36. The van der Waals surface area contributed by atoms with Gasteiger partial charge >= 0.3 is 0 Å². The highest BCUT2D eigenvalue weighted by molar-refractivity contribution is 6.18. The number of fused-ring (bicyclic) bond motifs is 1. The molecule has 0 bridgehead atoms. The van der Waals surface area contributed by atoms with Gasteiger partial charge in [0.05, 0.1) is 11.0 Å². The predicted molar refractivity (Wildman–Crippen MR) is 71.8 cm³/mol. The van der Waals surface area contributed by atoms with E-state index < -0.39 is 0 Å². The number of nitrogens with zero attached hydrogens (tertiary/aromatic N) is 2. The van der Waals surface area contributed by atoms with Gasteiger partial charge in [0.15, 0.2) is 0 Å². The van der Waals surface area contributed by atoms with Crippen LogP contribution in [0.15, 0.2) is 24.3 Å². The molecule has 0 spiro atoms. The Hall–Kier alpha value is -1.22. The lowest BCUT2D eigenvalue weighted by Gasteiger charge is -2.31. The molecule has 2 aromatic rings. The Morgan fingerprint density at radius 1 is 1.41 bits per heavy atom. The highest BCUT2D eigenvalue weighted by atomic mass is 35.5. The summed E-state index contributed by atoms with van der Waals surface area (Å²) in [6, 6.07) is 8.15. The van der Waals surface area contributed by atoms with E-state index in [2.05, 4.69) is 20.9 Å². The van der Waals surface area contributed by atoms with Crippen molar-refractivity contribution in [3.05, 3.63) is 24.3 Å². The van der Waals surface area contributed by atoms with Gasteiger partial charge in [0.1, 0.15) is 0 Å². The van der Waals surface area contributed by atoms with Crippen LogP contribution < -0.4 is 4.90 Å². The minimum atomic E-state index is 0.596. The normalized spacial score (nSPS) is 21.0. The lowest BCUT2D eigenvalue weighted by atomic mass is 10.0. The zero-order chi connectivity index (χ0) is 11.7. The fraction of sp³-hybridized carbons (Fsp3) is 0.462. The molecule has 1 aliphatic heterocycles. The predicted octanol–water partition coefficient (Wildman–Crippen LogP) is 3.02. The first-order valence-electron chi connectivity index (χ1n) is 6.12. The fourth-order valence-electron chi connectivity index (χ4n) is 2.47. The average molecular weight is 250 g/mol. The molecule has 1 atom stereocenters. The number of H-pyrrole nitrogens is 1. The molecule has 1 aromatic heterocycles. The molecular weight excluding hydrogens is 234 g/mol. The molecule has 1 aromatic carbocycles. The molecule has 1 N–H and O–H groups in total. The topological polar surface area (TPSA) is 31.9 Å². The number of halogens is 1. The first-order valence-corrected chi connectivity index (χ1v) is 6.66. The number of anilines is 1. The molecule has 4 heteroatoms. The standard InChI is InChI=1S/C13H16ClN3/c14-8-10-4-3-7-17(9-10)13-15-11-5-1-2-6-12(11)16-13/h1-2,5-6,10H,3-4,7-9H2,(H,15,16). The van der Waals surface area contributed by atoms with E-state index in [0.717, 1.165) is 36.0 Å². The van der Waals surface area contributed by atoms with Crippen LogP contribution in [0.1, 0.15) is 12.8 Å². The van der Waals surface area contributed by atoms with Gasteiger partial charge in [0.2, 0.25) is 5.95 Å². The Labute approximate surface area is 106 Å². The SMILES string of the molecule is ClCC1CCCN(c2nc3ccccc3[nH]2)C1. The minimum Gasteiger partial charge on any atom is -0.342 e. The van der Waals surface area contributed by atoms with Gasteiger partial charge in [-0.1, -0.05) is 12.1 Å². The maximum atomic E-state index is 5.95. The van der Waals surface area contributed by atoms with Crippen molar-refractivity contribution in [2.24, 2.45) is 5.92 Å². The van der Waals surface area contributed by atoms with Crippen molar-refractivity contribution in [2.45, 2.75) is 12.8 Å². The van der Waals surface area contributed by atoms with Crippen molar-refractivity contribution in [3.8, 4) is 0 Å². The first kappa shape index (κ1) is 10.9. The van der Waals surface area contributed by atoms with Gasteiger partial charge in [-0.05, 0) is 30.9 Å². The monoisotopic (exact) mass is 249 g/mol. The third-order valence-electron chi connectivity index (χ3n) is 3.41. The Balaban J connectivity index is 1.87. The number of nitrogens with one attached hydrogen (secondary N) is 1. The Morgan fingerprint density at radius 2 is 2.29 bits per heavy atom. The van der Waals surface area contributed by atoms with E-state index in [4.69, 9.17) is 11.6 Å². The number of imidazole rings is 1. The first-order chi connectivity index (χ1) is 8.36. The van der Waals surface area contributed by atoms with Gasteiger partial charge < -0.3 is 9.88 Å². The van der Waals surface area contributed by atoms with Crippen molar-refractivity contribution in [3.63, 3.8) is 0 Å². The van der Waals surface area contributed by atoms with Gasteiger partial charge in [-0.25, -0.2) is 4.98 Å². The van der Waals surface area contributed by atoms with Gasteiger partial charge in [0.25, 0.3) is 0 Å². The smallest absolute Gasteiger partial charge is 0.203 e. The van der Waals surface area contributed by atoms with E-state index in [1.807, 2.05) is 18.2 Å². The zero-order valence-electron chi connectivity index (χ0n) is 9.69. The molecule has 0 radical (unpaired) electrons. The second-order valence-electron chi connectivity index (χ2n) is 4.69. The molecule has 1 aliphatic rings. The summed E-state index contributed by atoms with van der Waals surface area (Å²) in [6.07, 6.45) is 2.44. The van der Waals surface area contributed by atoms with E-state index in [-0.39, 0.29) is 0 Å². The molecule has 0 aliphatic carbocycles. The van der Waals surface area contributed by atoms with E-state index >= 15 is 0 Å². The summed E-state index contributed by atoms with van der Waals surface area (Å²) in [5.74, 6) is 2.33. The van der Waals surface area contributed by atoms with Crippen LogP contribution in [0.3, 0.4) is 0 Å². The van der Waals surface area contributed by atoms with Crippen molar-refractivity contribution in [2.75, 3.05) is 23.9 Å². The lowest BCUT2D eigenvalue weighted by molar-refractivity contribution is 0.447. The molecule has 0 amide bonds. The van der Waals surface area contributed by atoms with Gasteiger partial charge in [0, 0.05) is 19.0 Å². The summed E-state index contributed by atoms with van der Waals surface area (Å²) < 4.78 is 0. The highest BCUT2D eigenvalue weighted by Gasteiger charge is 2.21. The molecule has 17 heavy (non-hydrogen) atoms.